The number of hydrogen-bond acceptors (Lipinski definition) is 6. The Morgan fingerprint density at radius 1 is 1.20 bits per heavy atom. The Labute approximate surface area is 140 Å². The molecule has 11 heteroatoms. The van der Waals surface area contributed by atoms with Gasteiger partial charge in [-0.3, -0.25) is 4.79 Å². The van der Waals surface area contributed by atoms with E-state index in [-0.39, 0.29) is 17.5 Å². The molecule has 0 bridgehead atoms. The van der Waals surface area contributed by atoms with Crippen LogP contribution in [0.5, 0.6) is 5.88 Å². The normalized spacial score (nSPS) is 12.2. The van der Waals surface area contributed by atoms with Gasteiger partial charge in [-0.25, -0.2) is 9.36 Å². The lowest BCUT2D eigenvalue weighted by atomic mass is 10.1. The van der Waals surface area contributed by atoms with Crippen LogP contribution in [-0.2, 0) is 14.9 Å². The molecule has 0 saturated carbocycles. The minimum absolute atomic E-state index is 0.0291. The molecule has 0 unspecified atom stereocenters. The number of aromatic nitrogens is 1. The average molecular weight is 379 g/mol. The monoisotopic (exact) mass is 379 g/mol. The molecule has 0 aliphatic heterocycles. The van der Waals surface area contributed by atoms with Crippen LogP contribution in [0.3, 0.4) is 0 Å². The van der Waals surface area contributed by atoms with Crippen LogP contribution >= 0.6 is 0 Å². The summed E-state index contributed by atoms with van der Waals surface area (Å²) in [6.45, 7) is 2.32. The van der Waals surface area contributed by atoms with E-state index in [9.17, 15) is 31.2 Å². The number of hydrogen-bond donors (Lipinski definition) is 0. The van der Waals surface area contributed by atoms with Crippen LogP contribution in [0.1, 0.15) is 24.2 Å². The van der Waals surface area contributed by atoms with Crippen molar-refractivity contribution in [2.24, 2.45) is 0 Å². The molecule has 0 radical (unpaired) electrons. The van der Waals surface area contributed by atoms with Crippen molar-refractivity contribution in [1.29, 1.82) is 0 Å². The van der Waals surface area contributed by atoms with Crippen LogP contribution in [0.2, 0.25) is 0 Å². The molecule has 1 aromatic heterocycles. The summed E-state index contributed by atoms with van der Waals surface area (Å²) < 4.78 is 70.1. The standard InChI is InChI=1S/C14H12F3NO6S/c1-3-23-13(20)18-10-7-5-4-6-9(10)11(8(2)19)12(18)24-25(21,22)14(15,16)17/h4-7H,3H2,1-2H3. The maximum absolute atomic E-state index is 12.7. The summed E-state index contributed by atoms with van der Waals surface area (Å²) in [7, 11) is -6.11. The van der Waals surface area contributed by atoms with Crippen molar-refractivity contribution in [1.82, 2.24) is 4.57 Å². The Balaban J connectivity index is 2.84. The van der Waals surface area contributed by atoms with E-state index in [0.29, 0.717) is 4.57 Å². The van der Waals surface area contributed by atoms with Gasteiger partial charge in [-0.05, 0) is 19.9 Å². The Kier molecular flexibility index (Phi) is 4.80. The van der Waals surface area contributed by atoms with E-state index >= 15 is 0 Å². The van der Waals surface area contributed by atoms with E-state index in [2.05, 4.69) is 4.18 Å². The molecule has 0 aliphatic carbocycles. The number of rotatable bonds is 4. The first-order valence-electron chi connectivity index (χ1n) is 6.83. The van der Waals surface area contributed by atoms with Crippen molar-refractivity contribution in [3.05, 3.63) is 29.8 Å². The van der Waals surface area contributed by atoms with Crippen molar-refractivity contribution >= 4 is 32.9 Å². The molecule has 0 N–H and O–H groups in total. The molecule has 0 aliphatic rings. The Bertz CT molecular complexity index is 945. The highest BCUT2D eigenvalue weighted by Gasteiger charge is 2.50. The summed E-state index contributed by atoms with van der Waals surface area (Å²) in [6, 6.07) is 5.57. The maximum atomic E-state index is 12.7. The number of carbonyl (C=O) groups excluding carboxylic acids is 2. The van der Waals surface area contributed by atoms with Crippen LogP contribution in [0, 0.1) is 0 Å². The van der Waals surface area contributed by atoms with Crippen molar-refractivity contribution < 1.29 is 40.1 Å². The molecule has 2 aromatic rings. The highest BCUT2D eigenvalue weighted by molar-refractivity contribution is 7.88. The SMILES string of the molecule is CCOC(=O)n1c(OS(=O)(=O)C(F)(F)F)c(C(C)=O)c2ccccc21. The van der Waals surface area contributed by atoms with Crippen LogP contribution in [0.4, 0.5) is 18.0 Å². The number of benzene rings is 1. The van der Waals surface area contributed by atoms with Gasteiger partial charge in [-0.1, -0.05) is 18.2 Å². The molecule has 0 spiro atoms. The van der Waals surface area contributed by atoms with Gasteiger partial charge in [0.1, 0.15) is 0 Å². The van der Waals surface area contributed by atoms with Crippen LogP contribution in [0.25, 0.3) is 10.9 Å². The quantitative estimate of drug-likeness (QED) is 0.461. The molecule has 2 rings (SSSR count). The fourth-order valence-electron chi connectivity index (χ4n) is 2.16. The largest absolute Gasteiger partial charge is 0.534 e. The van der Waals surface area contributed by atoms with E-state index in [4.69, 9.17) is 4.74 Å². The first kappa shape index (κ1) is 18.8. The summed E-state index contributed by atoms with van der Waals surface area (Å²) in [5, 5.41) is 0.0513. The third kappa shape index (κ3) is 3.31. The summed E-state index contributed by atoms with van der Waals surface area (Å²) in [6.07, 6.45) is -1.18. The van der Waals surface area contributed by atoms with Gasteiger partial charge >= 0.3 is 21.7 Å². The lowest BCUT2D eigenvalue weighted by molar-refractivity contribution is -0.0502. The number of ether oxygens (including phenoxy) is 1. The zero-order valence-electron chi connectivity index (χ0n) is 13.0. The molecular weight excluding hydrogens is 367 g/mol. The van der Waals surface area contributed by atoms with Gasteiger partial charge in [-0.2, -0.15) is 21.6 Å². The minimum atomic E-state index is -6.11. The van der Waals surface area contributed by atoms with Gasteiger partial charge in [0.15, 0.2) is 5.78 Å². The van der Waals surface area contributed by atoms with E-state index in [1.54, 1.807) is 0 Å². The van der Waals surface area contributed by atoms with E-state index in [1.165, 1.54) is 31.2 Å². The number of para-hydroxylation sites is 1. The molecule has 136 valence electrons. The summed E-state index contributed by atoms with van der Waals surface area (Å²) in [5.41, 5.74) is -6.24. The second-order valence-corrected chi connectivity index (χ2v) is 6.31. The number of alkyl halides is 3. The molecule has 25 heavy (non-hydrogen) atoms. The zero-order valence-corrected chi connectivity index (χ0v) is 13.8. The molecule has 0 amide bonds. The van der Waals surface area contributed by atoms with Crippen LogP contribution in [0.15, 0.2) is 24.3 Å². The lowest BCUT2D eigenvalue weighted by Crippen LogP contribution is -2.30. The Morgan fingerprint density at radius 3 is 2.32 bits per heavy atom. The van der Waals surface area contributed by atoms with Crippen molar-refractivity contribution in [2.75, 3.05) is 6.61 Å². The number of carbonyl (C=O) groups is 2. The first-order valence-corrected chi connectivity index (χ1v) is 8.24. The highest BCUT2D eigenvalue weighted by atomic mass is 32.2. The maximum Gasteiger partial charge on any atom is 0.534 e. The third-order valence-electron chi connectivity index (χ3n) is 3.11. The topological polar surface area (TPSA) is 91.7 Å². The number of nitrogens with zero attached hydrogens (tertiary/aromatic N) is 1. The second kappa shape index (κ2) is 6.39. The fraction of sp³-hybridized carbons (Fsp3) is 0.286. The van der Waals surface area contributed by atoms with Gasteiger partial charge in [-0.15, -0.1) is 0 Å². The van der Waals surface area contributed by atoms with Crippen molar-refractivity contribution in [2.45, 2.75) is 19.4 Å². The van der Waals surface area contributed by atoms with Crippen molar-refractivity contribution in [3.63, 3.8) is 0 Å². The molecular formula is C14H12F3NO6S. The van der Waals surface area contributed by atoms with Gasteiger partial charge in [0, 0.05) is 5.39 Å². The summed E-state index contributed by atoms with van der Waals surface area (Å²) in [5.74, 6) is -1.85. The molecule has 0 fully saturated rings. The van der Waals surface area contributed by atoms with Gasteiger partial charge < -0.3 is 8.92 Å². The fourth-order valence-corrected chi connectivity index (χ4v) is 2.62. The first-order chi connectivity index (χ1) is 11.5. The van der Waals surface area contributed by atoms with Crippen LogP contribution < -0.4 is 4.18 Å². The van der Waals surface area contributed by atoms with E-state index < -0.39 is 38.9 Å². The molecule has 0 saturated heterocycles. The Hall–Kier alpha value is -2.56. The third-order valence-corrected chi connectivity index (χ3v) is 4.05. The molecule has 1 aromatic carbocycles. The molecule has 7 nitrogen and oxygen atoms in total. The number of ketones is 1. The van der Waals surface area contributed by atoms with E-state index in [1.807, 2.05) is 0 Å². The highest BCUT2D eigenvalue weighted by Crippen LogP contribution is 2.36. The zero-order chi connectivity index (χ0) is 19.0. The smallest absolute Gasteiger partial charge is 0.449 e. The summed E-state index contributed by atoms with van der Waals surface area (Å²) in [4.78, 5) is 24.0. The van der Waals surface area contributed by atoms with Gasteiger partial charge in [0.05, 0.1) is 17.7 Å². The number of Topliss-reactive ketones (excluding diaryl/α,β-unsaturated/α-hetero) is 1. The Morgan fingerprint density at radius 2 is 1.80 bits per heavy atom. The second-order valence-electron chi connectivity index (χ2n) is 4.77. The average Bonchev–Trinajstić information content (AvgIpc) is 2.79. The van der Waals surface area contributed by atoms with Crippen molar-refractivity contribution in [3.8, 4) is 5.88 Å². The number of fused-ring (bicyclic) bond motifs is 1. The molecule has 1 heterocycles. The minimum Gasteiger partial charge on any atom is -0.449 e. The predicted molar refractivity (Wildman–Crippen MR) is 80.0 cm³/mol. The lowest BCUT2D eigenvalue weighted by Gasteiger charge is -2.12. The van der Waals surface area contributed by atoms with Gasteiger partial charge in [0.25, 0.3) is 0 Å². The predicted octanol–water partition coefficient (Wildman–Crippen LogP) is 3.08. The van der Waals surface area contributed by atoms with E-state index in [0.717, 1.165) is 6.92 Å². The van der Waals surface area contributed by atoms with Crippen LogP contribution in [-0.4, -0.2) is 37.0 Å². The van der Waals surface area contributed by atoms with Gasteiger partial charge in [0.2, 0.25) is 5.88 Å². The summed E-state index contributed by atoms with van der Waals surface area (Å²) >= 11 is 0. The number of halogens is 3. The molecule has 0 atom stereocenters.